The van der Waals surface area contributed by atoms with Crippen LogP contribution < -0.4 is 21.4 Å². The van der Waals surface area contributed by atoms with Gasteiger partial charge in [0.05, 0.1) is 12.8 Å². The van der Waals surface area contributed by atoms with Crippen molar-refractivity contribution in [1.29, 1.82) is 0 Å². The molecule has 0 amide bonds. The minimum absolute atomic E-state index is 0.266. The molecule has 0 saturated heterocycles. The third kappa shape index (κ3) is 3.96. The van der Waals surface area contributed by atoms with Gasteiger partial charge in [-0.15, -0.1) is 0 Å². The number of amidine groups is 1. The predicted molar refractivity (Wildman–Crippen MR) is 139 cm³/mol. The molecule has 1 atom stereocenters. The molecule has 1 N–H and O–H groups in total. The van der Waals surface area contributed by atoms with Gasteiger partial charge in [-0.25, -0.2) is 14.6 Å². The Morgan fingerprint density at radius 1 is 0.919 bits per heavy atom. The van der Waals surface area contributed by atoms with Crippen molar-refractivity contribution in [2.75, 3.05) is 12.5 Å². The van der Waals surface area contributed by atoms with E-state index in [2.05, 4.69) is 10.6 Å². The van der Waals surface area contributed by atoms with Gasteiger partial charge < -0.3 is 18.4 Å². The highest BCUT2D eigenvalue weighted by Gasteiger charge is 2.36. The quantitative estimate of drug-likeness (QED) is 0.342. The highest BCUT2D eigenvalue weighted by molar-refractivity contribution is 6.00. The largest absolute Gasteiger partial charge is 0.494 e. The zero-order valence-electron chi connectivity index (χ0n) is 19.9. The molecule has 0 aliphatic carbocycles. The van der Waals surface area contributed by atoms with Crippen molar-refractivity contribution in [3.8, 4) is 5.75 Å². The van der Waals surface area contributed by atoms with Gasteiger partial charge in [0.1, 0.15) is 22.5 Å². The van der Waals surface area contributed by atoms with Crippen LogP contribution in [0.15, 0.2) is 102 Å². The fourth-order valence-corrected chi connectivity index (χ4v) is 4.37. The second-order valence-corrected chi connectivity index (χ2v) is 8.54. The Morgan fingerprint density at radius 3 is 2.51 bits per heavy atom. The molecule has 0 saturated carbocycles. The Balaban J connectivity index is 1.49. The summed E-state index contributed by atoms with van der Waals surface area (Å²) in [5.41, 5.74) is 5.55. The number of ether oxygens (including phenoxy) is 1. The predicted octanol–water partition coefficient (Wildman–Crippen LogP) is 4.94. The van der Waals surface area contributed by atoms with Gasteiger partial charge in [-0.2, -0.15) is 0 Å². The molecule has 37 heavy (non-hydrogen) atoms. The molecule has 0 fully saturated rings. The summed E-state index contributed by atoms with van der Waals surface area (Å²) >= 11 is 0. The van der Waals surface area contributed by atoms with Crippen LogP contribution in [0.25, 0.3) is 21.9 Å². The minimum atomic E-state index is -0.939. The van der Waals surface area contributed by atoms with Crippen LogP contribution in [-0.4, -0.2) is 18.0 Å². The summed E-state index contributed by atoms with van der Waals surface area (Å²) in [7, 11) is 1.52. The fourth-order valence-electron chi connectivity index (χ4n) is 4.37. The molecule has 3 aromatic carbocycles. The Labute approximate surface area is 210 Å². The van der Waals surface area contributed by atoms with Gasteiger partial charge in [0, 0.05) is 28.5 Å². The Morgan fingerprint density at radius 2 is 1.70 bits per heavy atom. The van der Waals surface area contributed by atoms with Crippen molar-refractivity contribution in [3.63, 3.8) is 0 Å². The maximum atomic E-state index is 13.0. The van der Waals surface area contributed by atoms with Crippen molar-refractivity contribution < 1.29 is 18.4 Å². The van der Waals surface area contributed by atoms with Crippen LogP contribution in [-0.2, 0) is 4.84 Å². The number of methoxy groups -OCH3 is 1. The van der Waals surface area contributed by atoms with Crippen LogP contribution in [0.1, 0.15) is 22.9 Å². The van der Waals surface area contributed by atoms with Crippen LogP contribution in [0.2, 0.25) is 0 Å². The normalized spacial score (nSPS) is 15.0. The summed E-state index contributed by atoms with van der Waals surface area (Å²) in [5, 5.41) is 7.43. The second-order valence-electron chi connectivity index (χ2n) is 8.54. The molecule has 9 nitrogen and oxygen atoms in total. The van der Waals surface area contributed by atoms with Crippen molar-refractivity contribution in [2.45, 2.75) is 13.2 Å². The topological polar surface area (TPSA) is 107 Å². The van der Waals surface area contributed by atoms with E-state index in [0.717, 1.165) is 21.9 Å². The second kappa shape index (κ2) is 8.87. The van der Waals surface area contributed by atoms with Crippen molar-refractivity contribution in [3.05, 3.63) is 116 Å². The molecule has 9 heteroatoms. The van der Waals surface area contributed by atoms with Crippen LogP contribution in [0.5, 0.6) is 5.75 Å². The molecular weight excluding hydrogens is 474 g/mol. The van der Waals surface area contributed by atoms with Crippen molar-refractivity contribution >= 4 is 33.5 Å². The van der Waals surface area contributed by atoms with Gasteiger partial charge in [0.2, 0.25) is 0 Å². The number of rotatable bonds is 5. The van der Waals surface area contributed by atoms with E-state index in [-0.39, 0.29) is 5.56 Å². The first-order valence-corrected chi connectivity index (χ1v) is 11.5. The Kier molecular flexibility index (Phi) is 5.37. The molecule has 0 bridgehead atoms. The van der Waals surface area contributed by atoms with E-state index in [9.17, 15) is 9.59 Å². The van der Waals surface area contributed by atoms with Gasteiger partial charge in [-0.1, -0.05) is 53.7 Å². The number of para-hydroxylation sites is 1. The van der Waals surface area contributed by atoms with Crippen LogP contribution in [0.4, 0.5) is 5.69 Å². The molecule has 1 unspecified atom stereocenters. The number of hydrogen-bond donors (Lipinski definition) is 1. The average Bonchev–Trinajstić information content (AvgIpc) is 3.31. The van der Waals surface area contributed by atoms with Crippen LogP contribution in [0, 0.1) is 6.92 Å². The van der Waals surface area contributed by atoms with Crippen molar-refractivity contribution in [2.24, 2.45) is 5.16 Å². The molecule has 184 valence electrons. The fraction of sp³-hybridized carbons (Fsp3) is 0.107. The number of hydrogen-bond acceptors (Lipinski definition) is 9. The van der Waals surface area contributed by atoms with E-state index >= 15 is 0 Å². The number of nitrogens with zero attached hydrogens (tertiary/aromatic N) is 2. The number of oxime groups is 1. The standard InChI is InChI=1S/C28H21N3O6/c1-16-12-25(32)35-23-15-24(34-2)21(14-19(16)23)29-31-26(17-8-4-3-5-9-17)30-37-27(31)20-13-18-10-6-7-11-22(18)36-28(20)33/h3-15,27,29H,1-2H3. The number of hydrazine groups is 1. The molecule has 0 spiro atoms. The van der Waals surface area contributed by atoms with Crippen molar-refractivity contribution in [1.82, 2.24) is 5.01 Å². The number of nitrogens with one attached hydrogen (secondary N) is 1. The lowest BCUT2D eigenvalue weighted by atomic mass is 10.1. The van der Waals surface area contributed by atoms with Gasteiger partial charge in [0.25, 0.3) is 6.23 Å². The number of fused-ring (bicyclic) bond motifs is 2. The summed E-state index contributed by atoms with van der Waals surface area (Å²) in [6, 6.07) is 23.3. The third-order valence-corrected chi connectivity index (χ3v) is 6.18. The molecule has 1 aliphatic heterocycles. The van der Waals surface area contributed by atoms with Crippen LogP contribution >= 0.6 is 0 Å². The van der Waals surface area contributed by atoms with E-state index in [1.54, 1.807) is 29.3 Å². The van der Waals surface area contributed by atoms with Gasteiger partial charge >= 0.3 is 11.3 Å². The van der Waals surface area contributed by atoms with E-state index in [4.69, 9.17) is 18.4 Å². The number of anilines is 1. The maximum Gasteiger partial charge on any atom is 0.345 e. The minimum Gasteiger partial charge on any atom is -0.494 e. The molecule has 0 radical (unpaired) electrons. The lowest BCUT2D eigenvalue weighted by molar-refractivity contribution is 0.0163. The molecule has 5 aromatic rings. The first-order chi connectivity index (χ1) is 18.0. The Hall–Kier alpha value is -5.05. The van der Waals surface area contributed by atoms with E-state index in [0.29, 0.717) is 28.4 Å². The molecule has 3 heterocycles. The summed E-state index contributed by atoms with van der Waals surface area (Å²) in [4.78, 5) is 30.7. The zero-order valence-corrected chi connectivity index (χ0v) is 19.9. The van der Waals surface area contributed by atoms with Gasteiger partial charge in [-0.3, -0.25) is 5.43 Å². The van der Waals surface area contributed by atoms with Gasteiger partial charge in [-0.05, 0) is 30.7 Å². The summed E-state index contributed by atoms with van der Waals surface area (Å²) in [6.45, 7) is 1.83. The first kappa shape index (κ1) is 22.4. The highest BCUT2D eigenvalue weighted by atomic mass is 16.7. The number of aryl methyl sites for hydroxylation is 1. The summed E-state index contributed by atoms with van der Waals surface area (Å²) < 4.78 is 16.5. The van der Waals surface area contributed by atoms with Crippen LogP contribution in [0.3, 0.4) is 0 Å². The monoisotopic (exact) mass is 495 g/mol. The molecule has 2 aromatic heterocycles. The summed E-state index contributed by atoms with van der Waals surface area (Å²) in [6.07, 6.45) is -0.939. The molecule has 1 aliphatic rings. The molecular formula is C28H21N3O6. The lowest BCUT2D eigenvalue weighted by Gasteiger charge is -2.27. The zero-order chi connectivity index (χ0) is 25.5. The SMILES string of the molecule is COc1cc2oc(=O)cc(C)c2cc1NN1C(c2ccccc2)=NOC1c1cc2ccccc2oc1=O. The summed E-state index contributed by atoms with van der Waals surface area (Å²) in [5.74, 6) is 0.876. The lowest BCUT2D eigenvalue weighted by Crippen LogP contribution is -2.38. The van der Waals surface area contributed by atoms with E-state index in [1.807, 2.05) is 55.5 Å². The van der Waals surface area contributed by atoms with E-state index < -0.39 is 17.5 Å². The smallest absolute Gasteiger partial charge is 0.345 e. The van der Waals surface area contributed by atoms with E-state index in [1.165, 1.54) is 13.2 Å². The first-order valence-electron chi connectivity index (χ1n) is 11.5. The average molecular weight is 495 g/mol. The molecule has 6 rings (SSSR count). The highest BCUT2D eigenvalue weighted by Crippen LogP contribution is 2.36. The Bertz CT molecular complexity index is 1790. The maximum absolute atomic E-state index is 13.0. The third-order valence-electron chi connectivity index (χ3n) is 6.18. The van der Waals surface area contributed by atoms with Gasteiger partial charge in [0.15, 0.2) is 5.84 Å². The number of benzene rings is 3.